The van der Waals surface area contributed by atoms with Crippen molar-refractivity contribution in [1.29, 1.82) is 0 Å². The Kier molecular flexibility index (Phi) is 5.27. The fourth-order valence-electron chi connectivity index (χ4n) is 3.38. The molecule has 4 nitrogen and oxygen atoms in total. The van der Waals surface area contributed by atoms with Crippen LogP contribution in [0, 0.1) is 13.8 Å². The molecule has 2 aromatic heterocycles. The Morgan fingerprint density at radius 3 is 2.65 bits per heavy atom. The van der Waals surface area contributed by atoms with Crippen molar-refractivity contribution in [2.75, 3.05) is 5.32 Å². The highest BCUT2D eigenvalue weighted by atomic mass is 19.4. The highest BCUT2D eigenvalue weighted by Gasteiger charge is 2.30. The summed E-state index contributed by atoms with van der Waals surface area (Å²) in [6.07, 6.45) is -0.744. The van der Waals surface area contributed by atoms with E-state index in [-0.39, 0.29) is 12.3 Å². The zero-order valence-corrected chi connectivity index (χ0v) is 17.0. The van der Waals surface area contributed by atoms with Crippen LogP contribution in [0.1, 0.15) is 22.3 Å². The van der Waals surface area contributed by atoms with Gasteiger partial charge in [0.1, 0.15) is 5.65 Å². The first kappa shape index (κ1) is 20.7. The second-order valence-electron chi connectivity index (χ2n) is 7.55. The van der Waals surface area contributed by atoms with Gasteiger partial charge in [-0.05, 0) is 54.8 Å². The minimum Gasteiger partial charge on any atom is -0.326 e. The molecule has 4 aromatic rings. The molecule has 158 valence electrons. The third-order valence-electron chi connectivity index (χ3n) is 5.04. The molecular formula is C24H20F3N3O. The second kappa shape index (κ2) is 7.91. The molecule has 0 saturated heterocycles. The summed E-state index contributed by atoms with van der Waals surface area (Å²) >= 11 is 0. The van der Waals surface area contributed by atoms with Crippen molar-refractivity contribution in [3.8, 4) is 11.3 Å². The van der Waals surface area contributed by atoms with Gasteiger partial charge in [-0.15, -0.1) is 0 Å². The Morgan fingerprint density at radius 2 is 1.87 bits per heavy atom. The molecule has 31 heavy (non-hydrogen) atoms. The van der Waals surface area contributed by atoms with Crippen molar-refractivity contribution in [2.24, 2.45) is 0 Å². The average molecular weight is 423 g/mol. The Bertz CT molecular complexity index is 1270. The van der Waals surface area contributed by atoms with Crippen LogP contribution in [0.25, 0.3) is 16.9 Å². The Morgan fingerprint density at radius 1 is 1.06 bits per heavy atom. The number of carbonyl (C=O) groups is 1. The third-order valence-corrected chi connectivity index (χ3v) is 5.04. The van der Waals surface area contributed by atoms with Gasteiger partial charge < -0.3 is 9.72 Å². The first-order chi connectivity index (χ1) is 14.7. The third kappa shape index (κ3) is 4.60. The Balaban J connectivity index is 1.55. The predicted octanol–water partition coefficient (Wildman–Crippen LogP) is 5.82. The van der Waals surface area contributed by atoms with Gasteiger partial charge in [0, 0.05) is 23.6 Å². The standard InChI is InChI=1S/C24H20F3N3O/c1-15-8-9-30-14-21(28-22(30)10-15)18-7-6-16(2)20(13-18)29-23(31)12-17-4-3-5-19(11-17)24(25,26)27/h3-11,13-14H,12H2,1-2H3,(H,29,31). The molecule has 2 aromatic carbocycles. The highest BCUT2D eigenvalue weighted by Crippen LogP contribution is 2.30. The van der Waals surface area contributed by atoms with E-state index in [0.29, 0.717) is 11.3 Å². The summed E-state index contributed by atoms with van der Waals surface area (Å²) in [4.78, 5) is 17.1. The lowest BCUT2D eigenvalue weighted by Gasteiger charge is -2.11. The summed E-state index contributed by atoms with van der Waals surface area (Å²) in [6, 6.07) is 14.4. The van der Waals surface area contributed by atoms with E-state index < -0.39 is 11.7 Å². The van der Waals surface area contributed by atoms with E-state index in [1.165, 1.54) is 12.1 Å². The van der Waals surface area contributed by atoms with E-state index in [0.717, 1.165) is 40.2 Å². The number of anilines is 1. The van der Waals surface area contributed by atoms with Crippen LogP contribution in [-0.4, -0.2) is 15.3 Å². The van der Waals surface area contributed by atoms with Crippen molar-refractivity contribution < 1.29 is 18.0 Å². The molecule has 1 amide bonds. The van der Waals surface area contributed by atoms with E-state index in [1.54, 1.807) is 0 Å². The topological polar surface area (TPSA) is 46.4 Å². The number of aryl methyl sites for hydroxylation is 2. The van der Waals surface area contributed by atoms with Gasteiger partial charge in [0.25, 0.3) is 0 Å². The number of rotatable bonds is 4. The molecule has 0 radical (unpaired) electrons. The maximum Gasteiger partial charge on any atom is 0.416 e. The molecule has 1 N–H and O–H groups in total. The predicted molar refractivity (Wildman–Crippen MR) is 114 cm³/mol. The van der Waals surface area contributed by atoms with Gasteiger partial charge in [-0.3, -0.25) is 4.79 Å². The molecule has 0 aliphatic rings. The normalized spacial score (nSPS) is 11.6. The number of aromatic nitrogens is 2. The molecule has 0 atom stereocenters. The fourth-order valence-corrected chi connectivity index (χ4v) is 3.38. The number of carbonyl (C=O) groups excluding carboxylic acids is 1. The molecule has 4 rings (SSSR count). The van der Waals surface area contributed by atoms with Crippen molar-refractivity contribution >= 4 is 17.2 Å². The van der Waals surface area contributed by atoms with Crippen molar-refractivity contribution in [3.05, 3.63) is 89.2 Å². The monoisotopic (exact) mass is 423 g/mol. The van der Waals surface area contributed by atoms with E-state index in [1.807, 2.05) is 61.0 Å². The number of nitrogens with zero attached hydrogens (tertiary/aromatic N) is 2. The van der Waals surface area contributed by atoms with E-state index in [2.05, 4.69) is 10.3 Å². The van der Waals surface area contributed by atoms with Crippen LogP contribution in [0.15, 0.2) is 67.0 Å². The van der Waals surface area contributed by atoms with Gasteiger partial charge >= 0.3 is 6.18 Å². The summed E-state index contributed by atoms with van der Waals surface area (Å²) in [5.74, 6) is -0.384. The van der Waals surface area contributed by atoms with Crippen LogP contribution in [0.5, 0.6) is 0 Å². The fraction of sp³-hybridized carbons (Fsp3) is 0.167. The van der Waals surface area contributed by atoms with Gasteiger partial charge in [-0.25, -0.2) is 4.98 Å². The zero-order chi connectivity index (χ0) is 22.2. The minimum atomic E-state index is -4.44. The molecule has 2 heterocycles. The lowest BCUT2D eigenvalue weighted by molar-refractivity contribution is -0.137. The number of pyridine rings is 1. The van der Waals surface area contributed by atoms with E-state index in [4.69, 9.17) is 0 Å². The zero-order valence-electron chi connectivity index (χ0n) is 17.0. The SMILES string of the molecule is Cc1ccn2cc(-c3ccc(C)c(NC(=O)Cc4cccc(C(F)(F)F)c4)c3)nc2c1. The molecule has 0 aliphatic heterocycles. The lowest BCUT2D eigenvalue weighted by Crippen LogP contribution is -2.16. The minimum absolute atomic E-state index is 0.152. The van der Waals surface area contributed by atoms with Crippen LogP contribution in [0.2, 0.25) is 0 Å². The van der Waals surface area contributed by atoms with Crippen molar-refractivity contribution in [1.82, 2.24) is 9.38 Å². The summed E-state index contributed by atoms with van der Waals surface area (Å²) in [5, 5.41) is 2.82. The first-order valence-electron chi connectivity index (χ1n) is 9.71. The molecular weight excluding hydrogens is 403 g/mol. The first-order valence-corrected chi connectivity index (χ1v) is 9.71. The van der Waals surface area contributed by atoms with Gasteiger partial charge in [-0.1, -0.05) is 30.3 Å². The number of hydrogen-bond donors (Lipinski definition) is 1. The number of fused-ring (bicyclic) bond motifs is 1. The molecule has 0 bridgehead atoms. The van der Waals surface area contributed by atoms with Gasteiger partial charge in [-0.2, -0.15) is 13.2 Å². The maximum absolute atomic E-state index is 12.9. The summed E-state index contributed by atoms with van der Waals surface area (Å²) in [6.45, 7) is 3.86. The molecule has 0 saturated carbocycles. The Labute approximate surface area is 177 Å². The number of benzene rings is 2. The number of alkyl halides is 3. The molecule has 0 unspecified atom stereocenters. The molecule has 0 fully saturated rings. The van der Waals surface area contributed by atoms with Crippen LogP contribution in [-0.2, 0) is 17.4 Å². The van der Waals surface area contributed by atoms with Crippen molar-refractivity contribution in [3.63, 3.8) is 0 Å². The van der Waals surface area contributed by atoms with Crippen LogP contribution in [0.3, 0.4) is 0 Å². The van der Waals surface area contributed by atoms with Crippen molar-refractivity contribution in [2.45, 2.75) is 26.4 Å². The number of nitrogens with one attached hydrogen (secondary N) is 1. The number of amides is 1. The van der Waals surface area contributed by atoms with E-state index in [9.17, 15) is 18.0 Å². The highest BCUT2D eigenvalue weighted by molar-refractivity contribution is 5.93. The number of imidazole rings is 1. The quantitative estimate of drug-likeness (QED) is 0.450. The van der Waals surface area contributed by atoms with Crippen LogP contribution >= 0.6 is 0 Å². The Hall–Kier alpha value is -3.61. The van der Waals surface area contributed by atoms with Gasteiger partial charge in [0.2, 0.25) is 5.91 Å². The summed E-state index contributed by atoms with van der Waals surface area (Å²) < 4.78 is 40.6. The van der Waals surface area contributed by atoms with E-state index >= 15 is 0 Å². The number of halogens is 3. The van der Waals surface area contributed by atoms with Gasteiger partial charge in [0.05, 0.1) is 17.7 Å². The number of hydrogen-bond acceptors (Lipinski definition) is 2. The van der Waals surface area contributed by atoms with Crippen LogP contribution in [0.4, 0.5) is 18.9 Å². The average Bonchev–Trinajstić information content (AvgIpc) is 3.12. The van der Waals surface area contributed by atoms with Gasteiger partial charge in [0.15, 0.2) is 0 Å². The largest absolute Gasteiger partial charge is 0.416 e. The molecule has 0 aliphatic carbocycles. The van der Waals surface area contributed by atoms with Crippen LogP contribution < -0.4 is 5.32 Å². The molecule has 7 heteroatoms. The second-order valence-corrected chi connectivity index (χ2v) is 7.55. The maximum atomic E-state index is 12.9. The lowest BCUT2D eigenvalue weighted by atomic mass is 10.1. The smallest absolute Gasteiger partial charge is 0.326 e. The summed E-state index contributed by atoms with van der Waals surface area (Å²) in [7, 11) is 0. The molecule has 0 spiro atoms. The summed E-state index contributed by atoms with van der Waals surface area (Å²) in [5.41, 5.74) is 4.51.